The van der Waals surface area contributed by atoms with E-state index < -0.39 is 9.05 Å². The summed E-state index contributed by atoms with van der Waals surface area (Å²) in [7, 11) is 3.03. The zero-order valence-corrected chi connectivity index (χ0v) is 12.6. The van der Waals surface area contributed by atoms with Gasteiger partial charge in [0.2, 0.25) is 5.88 Å². The fourth-order valence-electron chi connectivity index (χ4n) is 1.88. The Morgan fingerprint density at radius 1 is 1.45 bits per heavy atom. The molecule has 0 fully saturated rings. The Bertz CT molecular complexity index is 712. The number of aromatic nitrogens is 3. The second-order valence-electron chi connectivity index (χ2n) is 4.09. The van der Waals surface area contributed by atoms with Crippen molar-refractivity contribution < 1.29 is 13.2 Å². The van der Waals surface area contributed by atoms with E-state index in [4.69, 9.17) is 15.4 Å². The molecular formula is C12H14ClN3O3S. The van der Waals surface area contributed by atoms with Crippen LogP contribution in [0.2, 0.25) is 0 Å². The molecule has 0 aromatic carbocycles. The van der Waals surface area contributed by atoms with E-state index in [2.05, 4.69) is 9.97 Å². The molecule has 0 radical (unpaired) electrons. The van der Waals surface area contributed by atoms with Gasteiger partial charge in [-0.15, -0.1) is 0 Å². The van der Waals surface area contributed by atoms with Crippen LogP contribution in [0.1, 0.15) is 18.3 Å². The number of imidazole rings is 1. The minimum atomic E-state index is -3.83. The van der Waals surface area contributed by atoms with Crippen molar-refractivity contribution in [3.05, 3.63) is 35.9 Å². The number of rotatable bonds is 5. The fourth-order valence-corrected chi connectivity index (χ4v) is 2.57. The molecule has 8 heteroatoms. The van der Waals surface area contributed by atoms with Gasteiger partial charge in [0.15, 0.2) is 5.03 Å². The minimum Gasteiger partial charge on any atom is -0.481 e. The van der Waals surface area contributed by atoms with Crippen LogP contribution < -0.4 is 4.74 Å². The molecule has 0 saturated carbocycles. The lowest BCUT2D eigenvalue weighted by atomic mass is 10.2. The molecule has 0 aliphatic rings. The first-order valence-electron chi connectivity index (χ1n) is 5.94. The molecule has 108 valence electrons. The highest BCUT2D eigenvalue weighted by Crippen LogP contribution is 2.19. The largest absolute Gasteiger partial charge is 0.481 e. The molecule has 2 heterocycles. The molecule has 20 heavy (non-hydrogen) atoms. The molecular weight excluding hydrogens is 302 g/mol. The third-order valence-corrected chi connectivity index (χ3v) is 3.96. The fraction of sp³-hybridized carbons (Fsp3) is 0.333. The number of ether oxygens (including phenoxy) is 1. The highest BCUT2D eigenvalue weighted by Gasteiger charge is 2.18. The summed E-state index contributed by atoms with van der Waals surface area (Å²) in [5.41, 5.74) is 0.834. The minimum absolute atomic E-state index is 0.140. The van der Waals surface area contributed by atoms with Crippen LogP contribution in [0.15, 0.2) is 29.6 Å². The van der Waals surface area contributed by atoms with E-state index in [0.717, 1.165) is 5.56 Å². The maximum Gasteiger partial charge on any atom is 0.280 e. The molecule has 2 aromatic rings. The van der Waals surface area contributed by atoms with Gasteiger partial charge in [-0.2, -0.15) is 0 Å². The van der Waals surface area contributed by atoms with Crippen molar-refractivity contribution in [3.8, 4) is 5.88 Å². The smallest absolute Gasteiger partial charge is 0.280 e. The van der Waals surface area contributed by atoms with Crippen LogP contribution in [0, 0.1) is 0 Å². The van der Waals surface area contributed by atoms with E-state index in [1.807, 2.05) is 13.0 Å². The van der Waals surface area contributed by atoms with Crippen molar-refractivity contribution in [1.29, 1.82) is 0 Å². The zero-order chi connectivity index (χ0) is 14.8. The van der Waals surface area contributed by atoms with Crippen LogP contribution in [-0.2, 0) is 22.0 Å². The van der Waals surface area contributed by atoms with Gasteiger partial charge in [-0.25, -0.2) is 18.4 Å². The lowest BCUT2D eigenvalue weighted by molar-refractivity contribution is 0.391. The predicted molar refractivity (Wildman–Crippen MR) is 74.5 cm³/mol. The Morgan fingerprint density at radius 2 is 2.20 bits per heavy atom. The van der Waals surface area contributed by atoms with Crippen LogP contribution in [-0.4, -0.2) is 30.1 Å². The second-order valence-corrected chi connectivity index (χ2v) is 6.60. The van der Waals surface area contributed by atoms with E-state index in [-0.39, 0.29) is 5.03 Å². The summed E-state index contributed by atoms with van der Waals surface area (Å²) in [4.78, 5) is 8.14. The maximum absolute atomic E-state index is 11.3. The molecule has 0 unspecified atom stereocenters. The normalized spacial score (nSPS) is 11.6. The number of hydrogen-bond acceptors (Lipinski definition) is 5. The van der Waals surface area contributed by atoms with Gasteiger partial charge >= 0.3 is 0 Å². The Kier molecular flexibility index (Phi) is 4.29. The molecule has 0 aliphatic heterocycles. The summed E-state index contributed by atoms with van der Waals surface area (Å²) in [6, 6.07) is 3.65. The van der Waals surface area contributed by atoms with Crippen LogP contribution >= 0.6 is 10.7 Å². The summed E-state index contributed by atoms with van der Waals surface area (Å²) in [6.07, 6.45) is 3.65. The van der Waals surface area contributed by atoms with Crippen molar-refractivity contribution in [2.24, 2.45) is 0 Å². The molecule has 0 atom stereocenters. The summed E-state index contributed by atoms with van der Waals surface area (Å²) in [5.74, 6) is 1.13. The van der Waals surface area contributed by atoms with Gasteiger partial charge in [-0.1, -0.05) is 13.0 Å². The lowest BCUT2D eigenvalue weighted by Crippen LogP contribution is -2.05. The first-order valence-corrected chi connectivity index (χ1v) is 8.25. The summed E-state index contributed by atoms with van der Waals surface area (Å²) in [6.45, 7) is 2.31. The highest BCUT2D eigenvalue weighted by atomic mass is 35.7. The van der Waals surface area contributed by atoms with Gasteiger partial charge in [-0.05, 0) is 6.07 Å². The van der Waals surface area contributed by atoms with Crippen molar-refractivity contribution >= 4 is 19.7 Å². The van der Waals surface area contributed by atoms with E-state index in [1.165, 1.54) is 13.3 Å². The molecule has 0 aliphatic carbocycles. The number of nitrogens with zero attached hydrogens (tertiary/aromatic N) is 3. The summed E-state index contributed by atoms with van der Waals surface area (Å²) < 4.78 is 29.6. The van der Waals surface area contributed by atoms with Gasteiger partial charge in [0.1, 0.15) is 5.82 Å². The van der Waals surface area contributed by atoms with Gasteiger partial charge in [0.05, 0.1) is 13.7 Å². The molecule has 0 N–H and O–H groups in total. The molecule has 0 bridgehead atoms. The van der Waals surface area contributed by atoms with Crippen molar-refractivity contribution in [3.63, 3.8) is 0 Å². The summed E-state index contributed by atoms with van der Waals surface area (Å²) >= 11 is 0. The Labute approximate surface area is 121 Å². The third kappa shape index (κ3) is 3.10. The van der Waals surface area contributed by atoms with Crippen molar-refractivity contribution in [1.82, 2.24) is 14.5 Å². The highest BCUT2D eigenvalue weighted by molar-refractivity contribution is 8.13. The van der Waals surface area contributed by atoms with Crippen LogP contribution in [0.3, 0.4) is 0 Å². The van der Waals surface area contributed by atoms with Gasteiger partial charge in [0.25, 0.3) is 9.05 Å². The Balaban J connectivity index is 2.40. The van der Waals surface area contributed by atoms with Gasteiger partial charge in [0, 0.05) is 35.1 Å². The average Bonchev–Trinajstić information content (AvgIpc) is 2.82. The Hall–Kier alpha value is -1.60. The maximum atomic E-state index is 11.3. The first kappa shape index (κ1) is 14.8. The standard InChI is InChI=1S/C12H14ClN3O3S/c1-3-10-15-11(20(13,17)18)8-16(10)7-9-5-4-6-14-12(9)19-2/h4-6,8H,3,7H2,1-2H3. The molecule has 6 nitrogen and oxygen atoms in total. The zero-order valence-electron chi connectivity index (χ0n) is 11.1. The molecule has 0 saturated heterocycles. The van der Waals surface area contributed by atoms with Crippen LogP contribution in [0.25, 0.3) is 0 Å². The molecule has 2 rings (SSSR count). The average molecular weight is 316 g/mol. The topological polar surface area (TPSA) is 74.1 Å². The quantitative estimate of drug-likeness (QED) is 0.787. The number of halogens is 1. The van der Waals surface area contributed by atoms with Gasteiger partial charge < -0.3 is 9.30 Å². The predicted octanol–water partition coefficient (Wildman–Crippen LogP) is 1.82. The Morgan fingerprint density at radius 3 is 2.80 bits per heavy atom. The number of aryl methyl sites for hydroxylation is 1. The number of pyridine rings is 1. The van der Waals surface area contributed by atoms with E-state index in [0.29, 0.717) is 24.7 Å². The van der Waals surface area contributed by atoms with E-state index >= 15 is 0 Å². The molecule has 2 aromatic heterocycles. The van der Waals surface area contributed by atoms with Crippen LogP contribution in [0.5, 0.6) is 5.88 Å². The lowest BCUT2D eigenvalue weighted by Gasteiger charge is -2.09. The molecule has 0 spiro atoms. The summed E-state index contributed by atoms with van der Waals surface area (Å²) in [5, 5.41) is -0.140. The van der Waals surface area contributed by atoms with E-state index in [9.17, 15) is 8.42 Å². The van der Waals surface area contributed by atoms with Crippen molar-refractivity contribution in [2.75, 3.05) is 7.11 Å². The third-order valence-electron chi connectivity index (χ3n) is 2.79. The number of methoxy groups -OCH3 is 1. The monoisotopic (exact) mass is 315 g/mol. The molecule has 0 amide bonds. The van der Waals surface area contributed by atoms with Crippen molar-refractivity contribution in [2.45, 2.75) is 24.9 Å². The second kappa shape index (κ2) is 5.80. The van der Waals surface area contributed by atoms with E-state index in [1.54, 1.807) is 16.8 Å². The van der Waals surface area contributed by atoms with Crippen LogP contribution in [0.4, 0.5) is 0 Å². The SMILES string of the molecule is CCc1nc(S(=O)(=O)Cl)cn1Cc1cccnc1OC. The number of hydrogen-bond donors (Lipinski definition) is 0. The first-order chi connectivity index (χ1) is 9.45. The van der Waals surface area contributed by atoms with Gasteiger partial charge in [-0.3, -0.25) is 0 Å².